The molecule has 0 amide bonds. The van der Waals surface area contributed by atoms with Gasteiger partial charge < -0.3 is 23.8 Å². The summed E-state index contributed by atoms with van der Waals surface area (Å²) in [4.78, 5) is 37.2. The van der Waals surface area contributed by atoms with Crippen molar-refractivity contribution in [2.24, 2.45) is 0 Å². The Balaban J connectivity index is 4.24. The highest BCUT2D eigenvalue weighted by molar-refractivity contribution is 5.72. The lowest BCUT2D eigenvalue weighted by Crippen LogP contribution is -2.50. The first-order valence-electron chi connectivity index (χ1n) is 26.4. The number of rotatable bonds is 47. The van der Waals surface area contributed by atoms with Crippen molar-refractivity contribution >= 4 is 17.9 Å². The van der Waals surface area contributed by atoms with Crippen LogP contribution < -0.4 is 0 Å². The van der Waals surface area contributed by atoms with Crippen LogP contribution in [-0.2, 0) is 28.6 Å². The molecule has 8 heteroatoms. The van der Waals surface area contributed by atoms with E-state index < -0.39 is 18.1 Å². The molecule has 0 rings (SSSR count). The van der Waals surface area contributed by atoms with Crippen molar-refractivity contribution < 1.29 is 38.2 Å². The molecule has 0 saturated carbocycles. The number of carbonyl (C=O) groups excluding carboxylic acids is 2. The van der Waals surface area contributed by atoms with Crippen LogP contribution in [0.25, 0.3) is 0 Å². The SMILES string of the molecule is CCC/C=C/C=C/C=C/C=C/C=C/CCCCCCCC(=O)OC(COCCC(C(=O)O)[N+](C)(C)C)COC(=O)CCCCCCCCCCCCCCCCCCCCCCCC. The lowest BCUT2D eigenvalue weighted by molar-refractivity contribution is -0.887. The fraction of sp³-hybridized carbons (Fsp3) is 0.768. The van der Waals surface area contributed by atoms with Gasteiger partial charge in [-0.1, -0.05) is 235 Å². The Labute approximate surface area is 394 Å². The predicted octanol–water partition coefficient (Wildman–Crippen LogP) is 15.3. The third kappa shape index (κ3) is 44.2. The van der Waals surface area contributed by atoms with Gasteiger partial charge in [0.1, 0.15) is 6.61 Å². The molecule has 0 aliphatic heterocycles. The van der Waals surface area contributed by atoms with E-state index >= 15 is 0 Å². The summed E-state index contributed by atoms with van der Waals surface area (Å²) in [5, 5.41) is 9.66. The predicted molar refractivity (Wildman–Crippen MR) is 271 cm³/mol. The summed E-state index contributed by atoms with van der Waals surface area (Å²) >= 11 is 0. The molecule has 0 heterocycles. The number of ether oxygens (including phenoxy) is 3. The lowest BCUT2D eigenvalue weighted by atomic mass is 10.0. The van der Waals surface area contributed by atoms with Gasteiger partial charge in [-0.05, 0) is 32.1 Å². The molecule has 0 bridgehead atoms. The molecule has 8 nitrogen and oxygen atoms in total. The normalized spacial score (nSPS) is 13.3. The van der Waals surface area contributed by atoms with Crippen LogP contribution in [0.15, 0.2) is 60.8 Å². The van der Waals surface area contributed by atoms with Gasteiger partial charge in [-0.25, -0.2) is 4.79 Å². The number of aliphatic carboxylic acids is 1. The van der Waals surface area contributed by atoms with Gasteiger partial charge in [0.2, 0.25) is 0 Å². The van der Waals surface area contributed by atoms with Gasteiger partial charge in [0, 0.05) is 19.3 Å². The molecule has 0 aromatic rings. The van der Waals surface area contributed by atoms with Crippen molar-refractivity contribution in [3.8, 4) is 0 Å². The zero-order chi connectivity index (χ0) is 47.0. The highest BCUT2D eigenvalue weighted by Gasteiger charge is 2.31. The summed E-state index contributed by atoms with van der Waals surface area (Å²) in [6.45, 7) is 4.65. The summed E-state index contributed by atoms with van der Waals surface area (Å²) < 4.78 is 17.3. The fourth-order valence-corrected chi connectivity index (χ4v) is 7.71. The van der Waals surface area contributed by atoms with Gasteiger partial charge in [0.25, 0.3) is 0 Å². The second-order valence-electron chi connectivity index (χ2n) is 18.9. The molecule has 64 heavy (non-hydrogen) atoms. The van der Waals surface area contributed by atoms with E-state index in [0.29, 0.717) is 19.3 Å². The van der Waals surface area contributed by atoms with Crippen LogP contribution in [-0.4, -0.2) is 80.6 Å². The van der Waals surface area contributed by atoms with Gasteiger partial charge in [-0.15, -0.1) is 0 Å². The van der Waals surface area contributed by atoms with Crippen molar-refractivity contribution in [3.05, 3.63) is 60.8 Å². The van der Waals surface area contributed by atoms with Gasteiger partial charge in [-0.2, -0.15) is 0 Å². The van der Waals surface area contributed by atoms with E-state index in [1.54, 1.807) is 0 Å². The Bertz CT molecular complexity index is 1230. The number of unbranched alkanes of at least 4 members (excludes halogenated alkanes) is 27. The van der Waals surface area contributed by atoms with Crippen LogP contribution in [0.4, 0.5) is 0 Å². The number of allylic oxidation sites excluding steroid dienone is 10. The van der Waals surface area contributed by atoms with Crippen molar-refractivity contribution in [1.82, 2.24) is 0 Å². The Morgan fingerprint density at radius 1 is 0.469 bits per heavy atom. The van der Waals surface area contributed by atoms with E-state index in [1.807, 2.05) is 57.6 Å². The zero-order valence-electron chi connectivity index (χ0n) is 42.2. The van der Waals surface area contributed by atoms with E-state index in [2.05, 4.69) is 38.2 Å². The monoisotopic (exact) mass is 899 g/mol. The Morgan fingerprint density at radius 2 is 0.859 bits per heavy atom. The summed E-state index contributed by atoms with van der Waals surface area (Å²) in [6, 6.07) is -0.622. The van der Waals surface area contributed by atoms with Gasteiger partial charge in [0.05, 0.1) is 34.4 Å². The molecule has 0 aliphatic carbocycles. The second kappa shape index (κ2) is 46.6. The minimum absolute atomic E-state index is 0.0503. The number of nitrogens with zero attached hydrogens (tertiary/aromatic N) is 1. The summed E-state index contributed by atoms with van der Waals surface area (Å²) in [5.74, 6) is -1.49. The smallest absolute Gasteiger partial charge is 0.362 e. The molecule has 0 fully saturated rings. The Kier molecular flexibility index (Phi) is 44.4. The van der Waals surface area contributed by atoms with Crippen LogP contribution in [0.5, 0.6) is 0 Å². The Hall–Kier alpha value is -2.97. The number of carboxylic acid groups (broad SMARTS) is 1. The second-order valence-corrected chi connectivity index (χ2v) is 18.9. The maximum absolute atomic E-state index is 12.8. The largest absolute Gasteiger partial charge is 0.477 e. The number of hydrogen-bond donors (Lipinski definition) is 1. The molecule has 2 unspecified atom stereocenters. The first-order valence-corrected chi connectivity index (χ1v) is 26.4. The van der Waals surface area contributed by atoms with Crippen LogP contribution in [0.2, 0.25) is 0 Å². The van der Waals surface area contributed by atoms with E-state index in [9.17, 15) is 19.5 Å². The fourth-order valence-electron chi connectivity index (χ4n) is 7.71. The van der Waals surface area contributed by atoms with Gasteiger partial charge >= 0.3 is 17.9 Å². The summed E-state index contributed by atoms with van der Waals surface area (Å²) in [5.41, 5.74) is 0. The molecule has 0 spiro atoms. The van der Waals surface area contributed by atoms with Crippen LogP contribution in [0.3, 0.4) is 0 Å². The van der Waals surface area contributed by atoms with E-state index in [1.165, 1.54) is 128 Å². The molecule has 0 radical (unpaired) electrons. The van der Waals surface area contributed by atoms with Crippen molar-refractivity contribution in [3.63, 3.8) is 0 Å². The minimum Gasteiger partial charge on any atom is -0.477 e. The molecular formula is C56H100NO7+. The summed E-state index contributed by atoms with van der Waals surface area (Å²) in [6.07, 6.45) is 58.4. The third-order valence-electron chi connectivity index (χ3n) is 11.8. The molecule has 0 aliphatic rings. The number of likely N-dealkylation sites (N-methyl/N-ethyl adjacent to an activating group) is 1. The van der Waals surface area contributed by atoms with Crippen LogP contribution in [0.1, 0.15) is 226 Å². The number of quaternary nitrogens is 1. The number of esters is 2. The lowest BCUT2D eigenvalue weighted by Gasteiger charge is -2.31. The third-order valence-corrected chi connectivity index (χ3v) is 11.8. The minimum atomic E-state index is -0.879. The molecule has 0 aromatic heterocycles. The van der Waals surface area contributed by atoms with Crippen LogP contribution in [0, 0.1) is 0 Å². The molecule has 0 saturated heterocycles. The first kappa shape index (κ1) is 61.0. The van der Waals surface area contributed by atoms with Crippen molar-refractivity contribution in [1.29, 1.82) is 0 Å². The summed E-state index contributed by atoms with van der Waals surface area (Å²) in [7, 11) is 5.53. The quantitative estimate of drug-likeness (QED) is 0.0281. The average Bonchev–Trinajstić information content (AvgIpc) is 3.26. The number of hydrogen-bond acceptors (Lipinski definition) is 6. The topological polar surface area (TPSA) is 99.1 Å². The van der Waals surface area contributed by atoms with E-state index in [-0.39, 0.29) is 36.2 Å². The van der Waals surface area contributed by atoms with Crippen molar-refractivity contribution in [2.45, 2.75) is 238 Å². The van der Waals surface area contributed by atoms with Crippen molar-refractivity contribution in [2.75, 3.05) is 41.0 Å². The van der Waals surface area contributed by atoms with Crippen LogP contribution >= 0.6 is 0 Å². The van der Waals surface area contributed by atoms with E-state index in [4.69, 9.17) is 14.2 Å². The molecule has 0 aromatic carbocycles. The van der Waals surface area contributed by atoms with Gasteiger partial charge in [0.15, 0.2) is 12.1 Å². The highest BCUT2D eigenvalue weighted by atomic mass is 16.6. The number of carbonyl (C=O) groups is 3. The zero-order valence-corrected chi connectivity index (χ0v) is 42.2. The standard InChI is InChI=1S/C56H99NO7/c1-6-8-10-12-14-16-18-20-22-24-26-27-28-29-31-32-34-36-38-40-42-44-46-54(58)63-51-52(50-62-49-48-53(56(60)61)57(3,4)5)64-55(59)47-45-43-41-39-37-35-33-30-25-23-21-19-17-15-13-11-9-7-2/h11,13,15,17,19,21,23,25,30,33,52-53H,6-10,12,14,16,18,20,22,24,26-29,31-32,34-51H2,1-5H3/p+1/b13-11+,17-15+,21-19+,25-23+,33-30+. The van der Waals surface area contributed by atoms with E-state index in [0.717, 1.165) is 64.2 Å². The first-order chi connectivity index (χ1) is 31.1. The van der Waals surface area contributed by atoms with Gasteiger partial charge in [-0.3, -0.25) is 9.59 Å². The molecule has 370 valence electrons. The molecule has 2 atom stereocenters. The average molecular weight is 899 g/mol. The maximum Gasteiger partial charge on any atom is 0.362 e. The number of carboxylic acids is 1. The maximum atomic E-state index is 12.8. The molecular weight excluding hydrogens is 799 g/mol. The molecule has 1 N–H and O–H groups in total. The Morgan fingerprint density at radius 3 is 1.28 bits per heavy atom. The highest BCUT2D eigenvalue weighted by Crippen LogP contribution is 2.16.